The van der Waals surface area contributed by atoms with E-state index in [2.05, 4.69) is 33.9 Å². The molecule has 0 unspecified atom stereocenters. The third-order valence-electron chi connectivity index (χ3n) is 4.67. The van der Waals surface area contributed by atoms with Crippen LogP contribution in [-0.2, 0) is 6.54 Å². The third kappa shape index (κ3) is 4.70. The predicted octanol–water partition coefficient (Wildman–Crippen LogP) is 3.65. The van der Waals surface area contributed by atoms with Crippen LogP contribution in [0.1, 0.15) is 26.4 Å². The molecule has 4 aromatic rings. The largest absolute Gasteiger partial charge is 0.354 e. The van der Waals surface area contributed by atoms with Crippen molar-refractivity contribution in [2.45, 2.75) is 6.54 Å². The predicted molar refractivity (Wildman–Crippen MR) is 121 cm³/mol. The van der Waals surface area contributed by atoms with E-state index in [4.69, 9.17) is 0 Å². The van der Waals surface area contributed by atoms with Crippen LogP contribution in [0, 0.1) is 5.82 Å². The lowest BCUT2D eigenvalue weighted by atomic mass is 10.1. The van der Waals surface area contributed by atoms with Crippen molar-refractivity contribution in [3.8, 4) is 5.69 Å². The molecule has 0 spiro atoms. The van der Waals surface area contributed by atoms with Crippen molar-refractivity contribution in [1.82, 2.24) is 25.4 Å². The average Bonchev–Trinajstić information content (AvgIpc) is 3.28. The number of pyridine rings is 1. The van der Waals surface area contributed by atoms with Crippen molar-refractivity contribution in [3.05, 3.63) is 103 Å². The van der Waals surface area contributed by atoms with E-state index < -0.39 is 0 Å². The molecule has 2 aromatic heterocycles. The van der Waals surface area contributed by atoms with Crippen molar-refractivity contribution in [3.63, 3.8) is 0 Å². The number of carbonyl (C=O) groups excluding carboxylic acids is 2. The van der Waals surface area contributed by atoms with E-state index in [1.54, 1.807) is 53.5 Å². The highest BCUT2D eigenvalue weighted by Gasteiger charge is 2.14. The van der Waals surface area contributed by atoms with Gasteiger partial charge in [0, 0.05) is 25.2 Å². The Bertz CT molecular complexity index is 1230. The van der Waals surface area contributed by atoms with Gasteiger partial charge in [-0.15, -0.1) is 13.2 Å². The minimum Gasteiger partial charge on any atom is -0.354 e. The van der Waals surface area contributed by atoms with Gasteiger partial charge in [0.25, 0.3) is 11.8 Å². The number of carbonyl (C=O) groups is 2. The summed E-state index contributed by atoms with van der Waals surface area (Å²) in [6, 6.07) is 14.7. The molecule has 0 bridgehead atoms. The molecule has 0 saturated carbocycles. The summed E-state index contributed by atoms with van der Waals surface area (Å²) in [5.41, 5.74) is 3.00. The van der Waals surface area contributed by atoms with Crippen molar-refractivity contribution in [2.75, 3.05) is 7.05 Å². The minimum atomic E-state index is -0.326. The Morgan fingerprint density at radius 1 is 1.00 bits per heavy atom. The zero-order chi connectivity index (χ0) is 23.1. The number of aromatic nitrogens is 3. The van der Waals surface area contributed by atoms with E-state index >= 15 is 0 Å². The van der Waals surface area contributed by atoms with Gasteiger partial charge in [-0.05, 0) is 48.0 Å². The molecule has 0 aliphatic rings. The van der Waals surface area contributed by atoms with E-state index in [0.29, 0.717) is 22.3 Å². The van der Waals surface area contributed by atoms with Gasteiger partial charge in [-0.2, -0.15) is 5.10 Å². The van der Waals surface area contributed by atoms with Crippen molar-refractivity contribution < 1.29 is 14.0 Å². The fourth-order valence-corrected chi connectivity index (χ4v) is 3.11. The Balaban J connectivity index is 0.00000141. The number of nitrogens with zero attached hydrogens (tertiary/aromatic N) is 3. The molecule has 7 nitrogen and oxygen atoms in total. The molecule has 0 saturated heterocycles. The first-order valence-corrected chi connectivity index (χ1v) is 9.74. The molecule has 0 atom stereocenters. The van der Waals surface area contributed by atoms with Gasteiger partial charge in [-0.25, -0.2) is 9.07 Å². The lowest BCUT2D eigenvalue weighted by molar-refractivity contribution is 0.0945. The standard InChI is InChI=1S/C22H18FN5O2.C2H4/c1-24-22(30)19-10-5-14(11-25-19)12-26-21(29)17-3-2-4-20-18(17)13-27-28(20)16-8-6-15(23)7-9-16;1-2/h2-11,13H,12H2,1H3,(H,24,30)(H,26,29);1-2H2. The summed E-state index contributed by atoms with van der Waals surface area (Å²) in [7, 11) is 1.54. The average molecular weight is 431 g/mol. The van der Waals surface area contributed by atoms with Gasteiger partial charge in [-0.1, -0.05) is 12.1 Å². The van der Waals surface area contributed by atoms with Crippen LogP contribution >= 0.6 is 0 Å². The van der Waals surface area contributed by atoms with Crippen LogP contribution in [0.25, 0.3) is 16.6 Å². The van der Waals surface area contributed by atoms with Crippen LogP contribution in [0.2, 0.25) is 0 Å². The molecule has 32 heavy (non-hydrogen) atoms. The van der Waals surface area contributed by atoms with Gasteiger partial charge in [0.15, 0.2) is 0 Å². The molecule has 2 heterocycles. The first-order chi connectivity index (χ1) is 15.6. The molecule has 4 rings (SSSR count). The van der Waals surface area contributed by atoms with E-state index in [9.17, 15) is 14.0 Å². The molecule has 162 valence electrons. The van der Waals surface area contributed by atoms with E-state index in [1.807, 2.05) is 6.07 Å². The van der Waals surface area contributed by atoms with E-state index in [1.165, 1.54) is 19.2 Å². The van der Waals surface area contributed by atoms with Gasteiger partial charge >= 0.3 is 0 Å². The number of halogens is 1. The first kappa shape index (κ1) is 22.4. The first-order valence-electron chi connectivity index (χ1n) is 9.74. The summed E-state index contributed by atoms with van der Waals surface area (Å²) in [5, 5.41) is 10.4. The number of benzene rings is 2. The van der Waals surface area contributed by atoms with Crippen LogP contribution in [0.15, 0.2) is 80.1 Å². The number of fused-ring (bicyclic) bond motifs is 1. The second-order valence-corrected chi connectivity index (χ2v) is 6.58. The van der Waals surface area contributed by atoms with Gasteiger partial charge in [0.1, 0.15) is 11.5 Å². The van der Waals surface area contributed by atoms with Crippen molar-refractivity contribution in [1.29, 1.82) is 0 Å². The molecule has 2 aromatic carbocycles. The highest BCUT2D eigenvalue weighted by atomic mass is 19.1. The maximum atomic E-state index is 13.2. The Morgan fingerprint density at radius 2 is 1.75 bits per heavy atom. The number of hydrogen-bond acceptors (Lipinski definition) is 4. The van der Waals surface area contributed by atoms with Crippen LogP contribution in [-0.4, -0.2) is 33.6 Å². The summed E-state index contributed by atoms with van der Waals surface area (Å²) in [6.07, 6.45) is 3.17. The lowest BCUT2D eigenvalue weighted by Crippen LogP contribution is -2.23. The Labute approximate surface area is 184 Å². The number of rotatable bonds is 5. The van der Waals surface area contributed by atoms with Crippen LogP contribution < -0.4 is 10.6 Å². The Morgan fingerprint density at radius 3 is 2.41 bits per heavy atom. The Hall–Kier alpha value is -4.33. The summed E-state index contributed by atoms with van der Waals surface area (Å²) < 4.78 is 14.9. The monoisotopic (exact) mass is 431 g/mol. The highest BCUT2D eigenvalue weighted by Crippen LogP contribution is 2.22. The van der Waals surface area contributed by atoms with Gasteiger partial charge in [0.05, 0.1) is 23.0 Å². The lowest BCUT2D eigenvalue weighted by Gasteiger charge is -2.08. The molecule has 0 aliphatic heterocycles. The molecule has 0 aliphatic carbocycles. The number of nitrogens with one attached hydrogen (secondary N) is 2. The van der Waals surface area contributed by atoms with E-state index in [-0.39, 0.29) is 24.2 Å². The highest BCUT2D eigenvalue weighted by molar-refractivity contribution is 6.06. The summed E-state index contributed by atoms with van der Waals surface area (Å²) in [6.45, 7) is 6.27. The molecule has 0 fully saturated rings. The molecular weight excluding hydrogens is 409 g/mol. The fourth-order valence-electron chi connectivity index (χ4n) is 3.11. The molecular formula is C24H22FN5O2. The number of amides is 2. The summed E-state index contributed by atoms with van der Waals surface area (Å²) >= 11 is 0. The zero-order valence-corrected chi connectivity index (χ0v) is 17.5. The molecule has 0 radical (unpaired) electrons. The number of hydrogen-bond donors (Lipinski definition) is 2. The molecule has 2 amide bonds. The second-order valence-electron chi connectivity index (χ2n) is 6.58. The normalized spacial score (nSPS) is 10.2. The van der Waals surface area contributed by atoms with Gasteiger partial charge in [-0.3, -0.25) is 14.6 Å². The minimum absolute atomic E-state index is 0.255. The maximum Gasteiger partial charge on any atom is 0.269 e. The zero-order valence-electron chi connectivity index (χ0n) is 17.5. The van der Waals surface area contributed by atoms with Gasteiger partial charge < -0.3 is 10.6 Å². The third-order valence-corrected chi connectivity index (χ3v) is 4.67. The molecule has 2 N–H and O–H groups in total. The van der Waals surface area contributed by atoms with Crippen LogP contribution in [0.3, 0.4) is 0 Å². The van der Waals surface area contributed by atoms with Crippen molar-refractivity contribution >= 4 is 22.7 Å². The fraction of sp³-hybridized carbons (Fsp3) is 0.0833. The Kier molecular flexibility index (Phi) is 7.07. The van der Waals surface area contributed by atoms with Crippen LogP contribution in [0.4, 0.5) is 4.39 Å². The van der Waals surface area contributed by atoms with Gasteiger partial charge in [0.2, 0.25) is 0 Å². The maximum absolute atomic E-state index is 13.2. The molecule has 8 heteroatoms. The van der Waals surface area contributed by atoms with Crippen molar-refractivity contribution in [2.24, 2.45) is 0 Å². The summed E-state index contributed by atoms with van der Waals surface area (Å²) in [4.78, 5) is 28.4. The second kappa shape index (κ2) is 10.1. The summed E-state index contributed by atoms with van der Waals surface area (Å²) in [5.74, 6) is -0.849. The smallest absolute Gasteiger partial charge is 0.269 e. The SMILES string of the molecule is C=C.CNC(=O)c1ccc(CNC(=O)c2cccc3c2cnn3-c2ccc(F)cc2)cn1. The van der Waals surface area contributed by atoms with Crippen LogP contribution in [0.5, 0.6) is 0 Å². The quantitative estimate of drug-likeness (QED) is 0.472. The van der Waals surface area contributed by atoms with E-state index in [0.717, 1.165) is 11.1 Å². The topological polar surface area (TPSA) is 88.9 Å².